The predicted molar refractivity (Wildman–Crippen MR) is 127 cm³/mol. The number of nitrogens with zero attached hydrogens (tertiary/aromatic N) is 1. The third-order valence-electron chi connectivity index (χ3n) is 4.93. The number of amides is 3. The molecule has 0 spiro atoms. The quantitative estimate of drug-likeness (QED) is 0.381. The van der Waals surface area contributed by atoms with E-state index in [-0.39, 0.29) is 28.3 Å². The number of aryl methyl sites for hydroxylation is 1. The Kier molecular flexibility index (Phi) is 8.53. The summed E-state index contributed by atoms with van der Waals surface area (Å²) in [6, 6.07) is 7.92. The van der Waals surface area contributed by atoms with Gasteiger partial charge in [-0.3, -0.25) is 24.5 Å². The van der Waals surface area contributed by atoms with E-state index in [4.69, 9.17) is 11.6 Å². The SMILES string of the molecule is Cc1ccc(NC(=O)C(C)C)cc1NC(=O)C(NC(=O)c1ccc(Cl)c([N+](=O)[O-])c1)C(C)C. The molecule has 176 valence electrons. The molecule has 9 nitrogen and oxygen atoms in total. The van der Waals surface area contributed by atoms with Gasteiger partial charge in [-0.1, -0.05) is 45.4 Å². The van der Waals surface area contributed by atoms with Gasteiger partial charge in [-0.2, -0.15) is 0 Å². The van der Waals surface area contributed by atoms with Crippen LogP contribution in [0.3, 0.4) is 0 Å². The first-order valence-electron chi connectivity index (χ1n) is 10.4. The number of hydrogen-bond donors (Lipinski definition) is 3. The molecule has 2 aromatic rings. The zero-order valence-electron chi connectivity index (χ0n) is 19.1. The summed E-state index contributed by atoms with van der Waals surface area (Å²) < 4.78 is 0. The van der Waals surface area contributed by atoms with Gasteiger partial charge in [0.1, 0.15) is 11.1 Å². The zero-order valence-corrected chi connectivity index (χ0v) is 19.8. The van der Waals surface area contributed by atoms with Crippen molar-refractivity contribution in [1.29, 1.82) is 0 Å². The smallest absolute Gasteiger partial charge is 0.288 e. The van der Waals surface area contributed by atoms with Crippen molar-refractivity contribution in [2.24, 2.45) is 11.8 Å². The Bertz CT molecular complexity index is 1080. The first kappa shape index (κ1) is 25.8. The summed E-state index contributed by atoms with van der Waals surface area (Å²) in [5.74, 6) is -1.73. The highest BCUT2D eigenvalue weighted by Crippen LogP contribution is 2.25. The van der Waals surface area contributed by atoms with Crippen molar-refractivity contribution in [2.45, 2.75) is 40.7 Å². The largest absolute Gasteiger partial charge is 0.340 e. The van der Waals surface area contributed by atoms with Crippen molar-refractivity contribution in [3.05, 3.63) is 62.7 Å². The normalized spacial score (nSPS) is 11.8. The maximum absolute atomic E-state index is 13.0. The molecule has 1 atom stereocenters. The molecular formula is C23H27ClN4O5. The minimum absolute atomic E-state index is 0.0131. The molecule has 0 heterocycles. The molecule has 0 aromatic heterocycles. The van der Waals surface area contributed by atoms with Crippen molar-refractivity contribution < 1.29 is 19.3 Å². The number of carbonyl (C=O) groups excluding carboxylic acids is 3. The van der Waals surface area contributed by atoms with Crippen LogP contribution in [0, 0.1) is 28.9 Å². The van der Waals surface area contributed by atoms with Crippen LogP contribution >= 0.6 is 11.6 Å². The van der Waals surface area contributed by atoms with Crippen LogP contribution in [-0.4, -0.2) is 28.7 Å². The molecule has 3 N–H and O–H groups in total. The summed E-state index contributed by atoms with van der Waals surface area (Å²) in [5, 5.41) is 19.2. The minimum Gasteiger partial charge on any atom is -0.340 e. The molecule has 0 saturated heterocycles. The third kappa shape index (κ3) is 6.76. The maximum atomic E-state index is 13.0. The Labute approximate surface area is 197 Å². The van der Waals surface area contributed by atoms with Gasteiger partial charge in [0, 0.05) is 28.9 Å². The number of benzene rings is 2. The molecule has 2 rings (SSSR count). The van der Waals surface area contributed by atoms with E-state index in [0.29, 0.717) is 11.4 Å². The number of nitro benzene ring substituents is 1. The Morgan fingerprint density at radius 2 is 1.64 bits per heavy atom. The Morgan fingerprint density at radius 1 is 0.970 bits per heavy atom. The fourth-order valence-electron chi connectivity index (χ4n) is 2.88. The second-order valence-corrected chi connectivity index (χ2v) is 8.69. The number of carbonyl (C=O) groups is 3. The van der Waals surface area contributed by atoms with Crippen LogP contribution in [0.25, 0.3) is 0 Å². The summed E-state index contributed by atoms with van der Waals surface area (Å²) in [4.78, 5) is 48.1. The number of hydrogen-bond acceptors (Lipinski definition) is 5. The van der Waals surface area contributed by atoms with Gasteiger partial charge in [0.05, 0.1) is 4.92 Å². The number of anilines is 2. The highest BCUT2D eigenvalue weighted by atomic mass is 35.5. The Morgan fingerprint density at radius 3 is 2.21 bits per heavy atom. The minimum atomic E-state index is -0.916. The van der Waals surface area contributed by atoms with Crippen molar-refractivity contribution in [1.82, 2.24) is 5.32 Å². The number of halogens is 1. The molecule has 0 fully saturated rings. The predicted octanol–water partition coefficient (Wildman–Crippen LogP) is 4.54. The van der Waals surface area contributed by atoms with Gasteiger partial charge in [0.15, 0.2) is 0 Å². The molecule has 0 aliphatic heterocycles. The van der Waals surface area contributed by atoms with E-state index in [1.807, 2.05) is 0 Å². The summed E-state index contributed by atoms with van der Waals surface area (Å²) >= 11 is 5.81. The third-order valence-corrected chi connectivity index (χ3v) is 5.25. The topological polar surface area (TPSA) is 130 Å². The van der Waals surface area contributed by atoms with Gasteiger partial charge in [-0.15, -0.1) is 0 Å². The average molecular weight is 475 g/mol. The fraction of sp³-hybridized carbons (Fsp3) is 0.348. The van der Waals surface area contributed by atoms with E-state index >= 15 is 0 Å². The zero-order chi connectivity index (χ0) is 24.9. The Balaban J connectivity index is 2.21. The second-order valence-electron chi connectivity index (χ2n) is 8.28. The number of nitro groups is 1. The lowest BCUT2D eigenvalue weighted by Gasteiger charge is -2.22. The fourth-order valence-corrected chi connectivity index (χ4v) is 3.07. The van der Waals surface area contributed by atoms with E-state index < -0.39 is 28.5 Å². The van der Waals surface area contributed by atoms with Crippen molar-refractivity contribution in [2.75, 3.05) is 10.6 Å². The highest BCUT2D eigenvalue weighted by Gasteiger charge is 2.26. The van der Waals surface area contributed by atoms with E-state index in [9.17, 15) is 24.5 Å². The molecule has 0 saturated carbocycles. The standard InChI is InChI=1S/C23H27ClN4O5/c1-12(2)20(27-22(30)15-7-9-17(24)19(10-15)28(32)33)23(31)26-18-11-16(8-6-14(18)5)25-21(29)13(3)4/h6-13,20H,1-5H3,(H,25,29)(H,26,31)(H,27,30). The van der Waals surface area contributed by atoms with Gasteiger partial charge in [0.25, 0.3) is 11.6 Å². The van der Waals surface area contributed by atoms with E-state index in [1.165, 1.54) is 12.1 Å². The van der Waals surface area contributed by atoms with Gasteiger partial charge >= 0.3 is 0 Å². The van der Waals surface area contributed by atoms with Crippen molar-refractivity contribution >= 4 is 46.4 Å². The van der Waals surface area contributed by atoms with E-state index in [2.05, 4.69) is 16.0 Å². The summed E-state index contributed by atoms with van der Waals surface area (Å²) in [6.45, 7) is 8.89. The van der Waals surface area contributed by atoms with Crippen molar-refractivity contribution in [3.63, 3.8) is 0 Å². The molecule has 3 amide bonds. The first-order chi connectivity index (χ1) is 15.4. The summed E-state index contributed by atoms with van der Waals surface area (Å²) in [5.41, 5.74) is 1.41. The van der Waals surface area contributed by atoms with Crippen LogP contribution in [0.4, 0.5) is 17.1 Å². The van der Waals surface area contributed by atoms with Crippen LogP contribution in [0.15, 0.2) is 36.4 Å². The van der Waals surface area contributed by atoms with Gasteiger partial charge in [-0.25, -0.2) is 0 Å². The van der Waals surface area contributed by atoms with Crippen LogP contribution < -0.4 is 16.0 Å². The summed E-state index contributed by atoms with van der Waals surface area (Å²) in [6.07, 6.45) is 0. The van der Waals surface area contributed by atoms with Gasteiger partial charge in [-0.05, 0) is 42.7 Å². The number of nitrogens with one attached hydrogen (secondary N) is 3. The molecule has 0 radical (unpaired) electrons. The Hall–Kier alpha value is -3.46. The highest BCUT2D eigenvalue weighted by molar-refractivity contribution is 6.32. The van der Waals surface area contributed by atoms with E-state index in [0.717, 1.165) is 11.6 Å². The molecule has 1 unspecified atom stereocenters. The second kappa shape index (κ2) is 10.9. The van der Waals surface area contributed by atoms with Gasteiger partial charge < -0.3 is 16.0 Å². The molecule has 2 aromatic carbocycles. The van der Waals surface area contributed by atoms with Crippen LogP contribution in [0.5, 0.6) is 0 Å². The maximum Gasteiger partial charge on any atom is 0.288 e. The van der Waals surface area contributed by atoms with Crippen LogP contribution in [0.1, 0.15) is 43.6 Å². The molecule has 0 bridgehead atoms. The molecular weight excluding hydrogens is 448 g/mol. The van der Waals surface area contributed by atoms with Crippen LogP contribution in [-0.2, 0) is 9.59 Å². The molecule has 10 heteroatoms. The van der Waals surface area contributed by atoms with Crippen LogP contribution in [0.2, 0.25) is 5.02 Å². The molecule has 33 heavy (non-hydrogen) atoms. The monoisotopic (exact) mass is 474 g/mol. The van der Waals surface area contributed by atoms with Gasteiger partial charge in [0.2, 0.25) is 11.8 Å². The number of rotatable bonds is 8. The lowest BCUT2D eigenvalue weighted by Crippen LogP contribution is -2.47. The van der Waals surface area contributed by atoms with Crippen molar-refractivity contribution in [3.8, 4) is 0 Å². The summed E-state index contributed by atoms with van der Waals surface area (Å²) in [7, 11) is 0. The molecule has 0 aliphatic carbocycles. The lowest BCUT2D eigenvalue weighted by atomic mass is 10.0. The average Bonchev–Trinajstić information content (AvgIpc) is 2.73. The lowest BCUT2D eigenvalue weighted by molar-refractivity contribution is -0.384. The molecule has 0 aliphatic rings. The first-order valence-corrected chi connectivity index (χ1v) is 10.8. The van der Waals surface area contributed by atoms with E-state index in [1.54, 1.807) is 52.8 Å².